The van der Waals surface area contributed by atoms with Crippen molar-refractivity contribution in [1.82, 2.24) is 0 Å². The van der Waals surface area contributed by atoms with Crippen molar-refractivity contribution in [3.8, 4) is 0 Å². The van der Waals surface area contributed by atoms with Crippen LogP contribution in [0.2, 0.25) is 0 Å². The summed E-state index contributed by atoms with van der Waals surface area (Å²) in [6.07, 6.45) is 16.0. The van der Waals surface area contributed by atoms with Crippen molar-refractivity contribution in [2.75, 3.05) is 12.9 Å². The highest BCUT2D eigenvalue weighted by molar-refractivity contribution is 8.03. The molecular formula is C23H36O5S. The van der Waals surface area contributed by atoms with Gasteiger partial charge in [-0.25, -0.2) is 0 Å². The first-order chi connectivity index (χ1) is 14.0. The van der Waals surface area contributed by atoms with Crippen LogP contribution in [-0.4, -0.2) is 52.5 Å². The molecule has 0 aromatic rings. The summed E-state index contributed by atoms with van der Waals surface area (Å²) in [5, 5.41) is 30.9. The van der Waals surface area contributed by atoms with Gasteiger partial charge >= 0.3 is 5.97 Å². The molecule has 3 unspecified atom stereocenters. The van der Waals surface area contributed by atoms with Crippen LogP contribution in [0.4, 0.5) is 0 Å². The Morgan fingerprint density at radius 2 is 2.14 bits per heavy atom. The maximum absolute atomic E-state index is 11.1. The van der Waals surface area contributed by atoms with E-state index in [1.165, 1.54) is 24.9 Å². The second-order valence-corrected chi connectivity index (χ2v) is 9.11. The van der Waals surface area contributed by atoms with Gasteiger partial charge in [-0.1, -0.05) is 30.4 Å². The third-order valence-corrected chi connectivity index (χ3v) is 6.96. The Labute approximate surface area is 178 Å². The van der Waals surface area contributed by atoms with Gasteiger partial charge in [0.15, 0.2) is 0 Å². The van der Waals surface area contributed by atoms with E-state index in [0.717, 1.165) is 25.7 Å². The van der Waals surface area contributed by atoms with Gasteiger partial charge in [-0.2, -0.15) is 0 Å². The number of hydrogen-bond acceptors (Lipinski definition) is 6. The van der Waals surface area contributed by atoms with E-state index in [0.29, 0.717) is 25.0 Å². The number of carbonyl (C=O) groups excluding carboxylic acids is 1. The van der Waals surface area contributed by atoms with Crippen molar-refractivity contribution in [3.05, 3.63) is 35.3 Å². The summed E-state index contributed by atoms with van der Waals surface area (Å²) in [6, 6.07) is 0. The maximum atomic E-state index is 11.1. The fourth-order valence-electron chi connectivity index (χ4n) is 3.99. The molecule has 29 heavy (non-hydrogen) atoms. The number of thioether (sulfide) groups is 1. The number of hydrogen-bond donors (Lipinski definition) is 3. The lowest BCUT2D eigenvalue weighted by Crippen LogP contribution is -2.20. The number of methoxy groups -OCH3 is 1. The second-order valence-electron chi connectivity index (χ2n) is 7.97. The number of aliphatic hydroxyl groups is 3. The van der Waals surface area contributed by atoms with Gasteiger partial charge < -0.3 is 20.1 Å². The third-order valence-electron chi connectivity index (χ3n) is 5.71. The van der Waals surface area contributed by atoms with Crippen LogP contribution in [0.1, 0.15) is 57.8 Å². The molecule has 0 saturated heterocycles. The zero-order valence-corrected chi connectivity index (χ0v) is 18.2. The first-order valence-electron chi connectivity index (χ1n) is 10.8. The summed E-state index contributed by atoms with van der Waals surface area (Å²) in [4.78, 5) is 12.5. The summed E-state index contributed by atoms with van der Waals surface area (Å²) < 4.78 is 4.62. The fraction of sp³-hybridized carbons (Fsp3) is 0.696. The van der Waals surface area contributed by atoms with Crippen molar-refractivity contribution in [2.24, 2.45) is 11.8 Å². The number of aliphatic hydroxyl groups excluding tert-OH is 3. The zero-order chi connectivity index (χ0) is 21.1. The predicted molar refractivity (Wildman–Crippen MR) is 117 cm³/mol. The summed E-state index contributed by atoms with van der Waals surface area (Å²) in [5.41, 5.74) is 0. The highest BCUT2D eigenvalue weighted by Gasteiger charge is 2.39. The van der Waals surface area contributed by atoms with E-state index in [1.807, 2.05) is 18.2 Å². The van der Waals surface area contributed by atoms with Crippen LogP contribution in [0, 0.1) is 11.8 Å². The van der Waals surface area contributed by atoms with E-state index in [4.69, 9.17) is 0 Å². The Balaban J connectivity index is 1.77. The van der Waals surface area contributed by atoms with Crippen LogP contribution in [0.25, 0.3) is 0 Å². The van der Waals surface area contributed by atoms with Crippen molar-refractivity contribution < 1.29 is 24.9 Å². The zero-order valence-electron chi connectivity index (χ0n) is 17.4. The highest BCUT2D eigenvalue weighted by Crippen LogP contribution is 2.36. The Kier molecular flexibility index (Phi) is 11.1. The lowest BCUT2D eigenvalue weighted by atomic mass is 9.89. The Morgan fingerprint density at radius 1 is 1.31 bits per heavy atom. The molecule has 2 aliphatic rings. The smallest absolute Gasteiger partial charge is 0.305 e. The third kappa shape index (κ3) is 8.67. The largest absolute Gasteiger partial charge is 0.469 e. The molecule has 0 aliphatic heterocycles. The van der Waals surface area contributed by atoms with Crippen LogP contribution < -0.4 is 0 Å². The highest BCUT2D eigenvalue weighted by atomic mass is 32.2. The number of ether oxygens (including phenoxy) is 1. The lowest BCUT2D eigenvalue weighted by Gasteiger charge is -2.20. The van der Waals surface area contributed by atoms with Crippen LogP contribution >= 0.6 is 11.8 Å². The Bertz CT molecular complexity index is 586. The van der Waals surface area contributed by atoms with Crippen LogP contribution in [-0.2, 0) is 9.53 Å². The molecule has 0 amide bonds. The van der Waals surface area contributed by atoms with E-state index in [2.05, 4.69) is 10.8 Å². The van der Waals surface area contributed by atoms with Crippen molar-refractivity contribution in [1.29, 1.82) is 0 Å². The second kappa shape index (κ2) is 13.3. The minimum Gasteiger partial charge on any atom is -0.469 e. The van der Waals surface area contributed by atoms with Gasteiger partial charge in [0.2, 0.25) is 0 Å². The minimum absolute atomic E-state index is 0.0565. The quantitative estimate of drug-likeness (QED) is 0.266. The average Bonchev–Trinajstić information content (AvgIpc) is 3.00. The van der Waals surface area contributed by atoms with Crippen LogP contribution in [0.5, 0.6) is 0 Å². The number of allylic oxidation sites excluding steroid dienone is 4. The molecule has 3 N–H and O–H groups in total. The number of rotatable bonds is 11. The van der Waals surface area contributed by atoms with Crippen molar-refractivity contribution in [3.63, 3.8) is 0 Å². The molecule has 164 valence electrons. The van der Waals surface area contributed by atoms with Gasteiger partial charge in [0.25, 0.3) is 0 Å². The van der Waals surface area contributed by atoms with Crippen molar-refractivity contribution >= 4 is 17.7 Å². The molecule has 5 nitrogen and oxygen atoms in total. The van der Waals surface area contributed by atoms with Gasteiger partial charge in [0, 0.05) is 24.5 Å². The van der Waals surface area contributed by atoms with Crippen LogP contribution in [0.3, 0.4) is 0 Å². The number of carbonyl (C=O) groups is 1. The monoisotopic (exact) mass is 424 g/mol. The van der Waals surface area contributed by atoms with Gasteiger partial charge in [0.1, 0.15) is 0 Å². The van der Waals surface area contributed by atoms with Gasteiger partial charge in [0.05, 0.1) is 25.4 Å². The Hall–Kier alpha value is -1.08. The number of esters is 1. The van der Waals surface area contributed by atoms with Gasteiger partial charge in [-0.05, 0) is 55.8 Å². The standard InChI is InChI=1S/C23H36O5S/c1-28-23(27)12-8-3-2-7-11-19-20(22(26)15-21(19)25)14-13-17(24)16-29-18-9-5-4-6-10-18/h2,7,9,13-14,17,19-22,24-26H,3-6,8,10-12,15-16H2,1H3/b7-2-,14-13+/t17-,19?,20-,21?,22?/m1/s1. The molecule has 0 spiro atoms. The van der Waals surface area contributed by atoms with Gasteiger partial charge in [-0.15, -0.1) is 11.8 Å². The summed E-state index contributed by atoms with van der Waals surface area (Å²) in [7, 11) is 1.39. The molecule has 2 rings (SSSR count). The molecule has 1 saturated carbocycles. The number of unbranched alkanes of at least 4 members (excludes halogenated alkanes) is 1. The molecule has 6 heteroatoms. The molecule has 5 atom stereocenters. The summed E-state index contributed by atoms with van der Waals surface area (Å²) in [6.45, 7) is 0. The van der Waals surface area contributed by atoms with Crippen LogP contribution in [0.15, 0.2) is 35.3 Å². The first-order valence-corrected chi connectivity index (χ1v) is 11.8. The first kappa shape index (κ1) is 24.2. The summed E-state index contributed by atoms with van der Waals surface area (Å²) in [5.74, 6) is 0.213. The molecule has 1 fully saturated rings. The maximum Gasteiger partial charge on any atom is 0.305 e. The predicted octanol–water partition coefficient (Wildman–Crippen LogP) is 3.74. The molecular weight excluding hydrogens is 388 g/mol. The molecule has 0 aromatic heterocycles. The van der Waals surface area contributed by atoms with Gasteiger partial charge in [-0.3, -0.25) is 4.79 Å². The summed E-state index contributed by atoms with van der Waals surface area (Å²) >= 11 is 1.72. The van der Waals surface area contributed by atoms with E-state index < -0.39 is 18.3 Å². The van der Waals surface area contributed by atoms with E-state index in [1.54, 1.807) is 17.8 Å². The molecule has 0 bridgehead atoms. The normalized spacial score (nSPS) is 28.8. The molecule has 0 heterocycles. The topological polar surface area (TPSA) is 87.0 Å². The molecule has 2 aliphatic carbocycles. The van der Waals surface area contributed by atoms with Crippen molar-refractivity contribution in [2.45, 2.75) is 76.1 Å². The van der Waals surface area contributed by atoms with E-state index in [-0.39, 0.29) is 17.8 Å². The fourth-order valence-corrected chi connectivity index (χ4v) is 5.01. The van der Waals surface area contributed by atoms with E-state index in [9.17, 15) is 20.1 Å². The molecule has 0 radical (unpaired) electrons. The van der Waals surface area contributed by atoms with E-state index >= 15 is 0 Å². The SMILES string of the molecule is COC(=O)CCC/C=C\CC1C(O)CC(O)[C@@H]1/C=C/[C@@H](O)CSC1=CCCCC1. The Morgan fingerprint density at radius 3 is 2.86 bits per heavy atom. The molecule has 0 aromatic carbocycles. The average molecular weight is 425 g/mol. The minimum atomic E-state index is -0.583. The lowest BCUT2D eigenvalue weighted by molar-refractivity contribution is -0.140.